The summed E-state index contributed by atoms with van der Waals surface area (Å²) >= 11 is 2.89. The first kappa shape index (κ1) is 18.6. The minimum atomic E-state index is -0.131. The number of thiophene rings is 1. The van der Waals surface area contributed by atoms with Gasteiger partial charge in [0.25, 0.3) is 5.56 Å². The lowest BCUT2D eigenvalue weighted by atomic mass is 10.2. The van der Waals surface area contributed by atoms with Gasteiger partial charge in [-0.3, -0.25) is 9.36 Å². The first-order valence-electron chi connectivity index (χ1n) is 8.74. The van der Waals surface area contributed by atoms with Crippen molar-refractivity contribution in [3.05, 3.63) is 71.1 Å². The molecule has 0 aliphatic carbocycles. The number of hydrogen-bond acceptors (Lipinski definition) is 7. The maximum Gasteiger partial charge on any atom is 0.272 e. The molecule has 0 amide bonds. The average molecular weight is 411 g/mol. The quantitative estimate of drug-likeness (QED) is 0.257. The van der Waals surface area contributed by atoms with Gasteiger partial charge in [0, 0.05) is 11.4 Å². The van der Waals surface area contributed by atoms with E-state index in [1.807, 2.05) is 43.3 Å². The molecule has 0 spiro atoms. The summed E-state index contributed by atoms with van der Waals surface area (Å²) in [6.45, 7) is 7.89. The van der Waals surface area contributed by atoms with Crippen LogP contribution < -0.4 is 5.56 Å². The Morgan fingerprint density at radius 3 is 2.79 bits per heavy atom. The number of hydrogen-bond donors (Lipinski definition) is 0. The zero-order valence-corrected chi connectivity index (χ0v) is 17.1. The number of benzene rings is 1. The fraction of sp³-hybridized carbons (Fsp3) is 0.200. The molecule has 0 bridgehead atoms. The Morgan fingerprint density at radius 2 is 2.11 bits per heavy atom. The van der Waals surface area contributed by atoms with Crippen molar-refractivity contribution in [3.8, 4) is 10.4 Å². The molecule has 1 atom stereocenters. The predicted molar refractivity (Wildman–Crippen MR) is 113 cm³/mol. The van der Waals surface area contributed by atoms with Crippen molar-refractivity contribution in [2.24, 2.45) is 0 Å². The third-order valence-corrected chi connectivity index (χ3v) is 6.38. The van der Waals surface area contributed by atoms with Crippen LogP contribution in [0.4, 0.5) is 0 Å². The minimum Gasteiger partial charge on any atom is -0.338 e. The monoisotopic (exact) mass is 410 g/mol. The molecular weight excluding hydrogens is 392 g/mol. The molecule has 1 unspecified atom stereocenters. The van der Waals surface area contributed by atoms with Crippen LogP contribution in [-0.2, 0) is 6.54 Å². The summed E-state index contributed by atoms with van der Waals surface area (Å²) in [5, 5.41) is 4.32. The van der Waals surface area contributed by atoms with Crippen LogP contribution in [0.1, 0.15) is 23.9 Å². The van der Waals surface area contributed by atoms with Gasteiger partial charge in [0.2, 0.25) is 5.89 Å². The molecule has 3 heterocycles. The van der Waals surface area contributed by atoms with Crippen molar-refractivity contribution in [1.82, 2.24) is 19.7 Å². The van der Waals surface area contributed by atoms with E-state index < -0.39 is 0 Å². The number of aryl methyl sites for hydroxylation is 1. The molecule has 0 aliphatic rings. The standard InChI is InChI=1S/C20H18N4O2S2/c1-4-10-24-19(25)17-15(11-16(28-17)14-8-6-5-7-9-14)22-20(24)27-12(2)18-21-13(3)23-26-18/h4-9,11-12H,1,10H2,2-3H3. The molecule has 142 valence electrons. The fourth-order valence-corrected chi connectivity index (χ4v) is 4.80. The van der Waals surface area contributed by atoms with E-state index in [0.29, 0.717) is 33.6 Å². The zero-order valence-electron chi connectivity index (χ0n) is 15.5. The molecule has 0 radical (unpaired) electrons. The third-order valence-electron chi connectivity index (χ3n) is 4.14. The Morgan fingerprint density at radius 1 is 1.32 bits per heavy atom. The highest BCUT2D eigenvalue weighted by Gasteiger charge is 2.20. The summed E-state index contributed by atoms with van der Waals surface area (Å²) < 4.78 is 7.55. The Kier molecular flexibility index (Phi) is 5.15. The van der Waals surface area contributed by atoms with Gasteiger partial charge >= 0.3 is 0 Å². The molecule has 0 saturated heterocycles. The first-order chi connectivity index (χ1) is 13.6. The number of fused-ring (bicyclic) bond motifs is 1. The number of nitrogens with zero attached hydrogens (tertiary/aromatic N) is 4. The second-order valence-electron chi connectivity index (χ2n) is 6.23. The van der Waals surface area contributed by atoms with Crippen molar-refractivity contribution in [1.29, 1.82) is 0 Å². The molecule has 28 heavy (non-hydrogen) atoms. The van der Waals surface area contributed by atoms with Gasteiger partial charge in [0.05, 0.1) is 10.8 Å². The van der Waals surface area contributed by atoms with Gasteiger partial charge in [-0.25, -0.2) is 4.98 Å². The summed E-state index contributed by atoms with van der Waals surface area (Å²) in [5.74, 6) is 1.09. The van der Waals surface area contributed by atoms with Crippen LogP contribution in [-0.4, -0.2) is 19.7 Å². The molecule has 0 saturated carbocycles. The SMILES string of the molecule is C=CCn1c(SC(C)c2nc(C)no2)nc2cc(-c3ccccc3)sc2c1=O. The van der Waals surface area contributed by atoms with Crippen LogP contribution in [0.3, 0.4) is 0 Å². The summed E-state index contributed by atoms with van der Waals surface area (Å²) in [6.07, 6.45) is 1.70. The summed E-state index contributed by atoms with van der Waals surface area (Å²) in [6, 6.07) is 12.0. The van der Waals surface area contributed by atoms with E-state index in [-0.39, 0.29) is 10.8 Å². The largest absolute Gasteiger partial charge is 0.338 e. The Balaban J connectivity index is 1.79. The van der Waals surface area contributed by atoms with Crippen molar-refractivity contribution in [2.45, 2.75) is 30.8 Å². The lowest BCUT2D eigenvalue weighted by Crippen LogP contribution is -2.22. The van der Waals surface area contributed by atoms with E-state index in [2.05, 4.69) is 16.7 Å². The van der Waals surface area contributed by atoms with Crippen molar-refractivity contribution >= 4 is 33.3 Å². The van der Waals surface area contributed by atoms with Gasteiger partial charge in [-0.1, -0.05) is 53.3 Å². The number of aromatic nitrogens is 4. The molecule has 0 N–H and O–H groups in total. The van der Waals surface area contributed by atoms with Crippen LogP contribution in [0.25, 0.3) is 20.7 Å². The molecule has 4 aromatic rings. The number of allylic oxidation sites excluding steroid dienone is 1. The molecule has 0 fully saturated rings. The topological polar surface area (TPSA) is 73.8 Å². The second kappa shape index (κ2) is 7.73. The predicted octanol–water partition coefficient (Wildman–Crippen LogP) is 4.86. The molecule has 4 rings (SSSR count). The highest BCUT2D eigenvalue weighted by Crippen LogP contribution is 2.35. The fourth-order valence-electron chi connectivity index (χ4n) is 2.80. The molecule has 0 aliphatic heterocycles. The minimum absolute atomic E-state index is 0.0616. The smallest absolute Gasteiger partial charge is 0.272 e. The van der Waals surface area contributed by atoms with E-state index in [0.717, 1.165) is 10.4 Å². The first-order valence-corrected chi connectivity index (χ1v) is 10.4. The summed E-state index contributed by atoms with van der Waals surface area (Å²) in [5.41, 5.74) is 1.71. The highest BCUT2D eigenvalue weighted by atomic mass is 32.2. The van der Waals surface area contributed by atoms with Crippen LogP contribution in [0, 0.1) is 6.92 Å². The van der Waals surface area contributed by atoms with Crippen LogP contribution >= 0.6 is 23.1 Å². The maximum absolute atomic E-state index is 13.1. The molecule has 8 heteroatoms. The van der Waals surface area contributed by atoms with E-state index in [1.54, 1.807) is 17.6 Å². The third kappa shape index (κ3) is 3.53. The van der Waals surface area contributed by atoms with Crippen molar-refractivity contribution < 1.29 is 4.52 Å². The lowest BCUT2D eigenvalue weighted by molar-refractivity contribution is 0.376. The maximum atomic E-state index is 13.1. The van der Waals surface area contributed by atoms with Gasteiger partial charge in [0.15, 0.2) is 11.0 Å². The number of rotatable bonds is 6. The summed E-state index contributed by atoms with van der Waals surface area (Å²) in [7, 11) is 0. The molecule has 6 nitrogen and oxygen atoms in total. The van der Waals surface area contributed by atoms with Crippen LogP contribution in [0.5, 0.6) is 0 Å². The van der Waals surface area contributed by atoms with Crippen LogP contribution in [0.15, 0.2) is 63.5 Å². The van der Waals surface area contributed by atoms with Crippen molar-refractivity contribution in [2.75, 3.05) is 0 Å². The Bertz CT molecular complexity index is 1190. The zero-order chi connectivity index (χ0) is 19.7. The summed E-state index contributed by atoms with van der Waals surface area (Å²) in [4.78, 5) is 23.2. The lowest BCUT2D eigenvalue weighted by Gasteiger charge is -2.12. The van der Waals surface area contributed by atoms with Gasteiger partial charge in [0.1, 0.15) is 4.70 Å². The van der Waals surface area contributed by atoms with E-state index in [4.69, 9.17) is 9.51 Å². The number of thioether (sulfide) groups is 1. The van der Waals surface area contributed by atoms with Gasteiger partial charge < -0.3 is 4.52 Å². The van der Waals surface area contributed by atoms with E-state index in [1.165, 1.54) is 23.1 Å². The van der Waals surface area contributed by atoms with Gasteiger partial charge in [-0.2, -0.15) is 4.98 Å². The average Bonchev–Trinajstić information content (AvgIpc) is 3.32. The second-order valence-corrected chi connectivity index (χ2v) is 8.59. The molecule has 1 aromatic carbocycles. The molecular formula is C20H18N4O2S2. The van der Waals surface area contributed by atoms with E-state index in [9.17, 15) is 4.79 Å². The Labute approximate surface area is 169 Å². The molecule has 3 aromatic heterocycles. The van der Waals surface area contributed by atoms with Crippen molar-refractivity contribution in [3.63, 3.8) is 0 Å². The van der Waals surface area contributed by atoms with Gasteiger partial charge in [-0.15, -0.1) is 17.9 Å². The normalized spacial score (nSPS) is 12.4. The van der Waals surface area contributed by atoms with Gasteiger partial charge in [-0.05, 0) is 25.5 Å². The van der Waals surface area contributed by atoms with Crippen LogP contribution in [0.2, 0.25) is 0 Å². The van der Waals surface area contributed by atoms with E-state index >= 15 is 0 Å². The Hall–Kier alpha value is -2.71. The highest BCUT2D eigenvalue weighted by molar-refractivity contribution is 7.99.